The lowest BCUT2D eigenvalue weighted by molar-refractivity contribution is -0.138. The quantitative estimate of drug-likeness (QED) is 0.822. The number of carbonyl (C=O) groups excluding carboxylic acids is 1. The van der Waals surface area contributed by atoms with Gasteiger partial charge in [0.05, 0.1) is 19.1 Å². The van der Waals surface area contributed by atoms with Crippen molar-refractivity contribution in [2.75, 3.05) is 19.7 Å². The van der Waals surface area contributed by atoms with Gasteiger partial charge in [0.1, 0.15) is 5.56 Å². The predicted octanol–water partition coefficient (Wildman–Crippen LogP) is 0.471. The van der Waals surface area contributed by atoms with Crippen molar-refractivity contribution >= 4 is 11.9 Å². The monoisotopic (exact) mass is 294 g/mol. The number of ether oxygens (including phenoxy) is 1. The zero-order chi connectivity index (χ0) is 15.2. The number of aromatic nitrogens is 1. The Balaban J connectivity index is 1.84. The Morgan fingerprint density at radius 2 is 2.10 bits per heavy atom. The first kappa shape index (κ1) is 15.2. The number of nitrogens with zero attached hydrogens (tertiary/aromatic N) is 1. The fourth-order valence-electron chi connectivity index (χ4n) is 2.29. The van der Waals surface area contributed by atoms with Crippen molar-refractivity contribution in [3.8, 4) is 0 Å². The third kappa shape index (κ3) is 4.16. The number of nitrogens with one attached hydrogen (secondary N) is 1. The molecule has 0 aliphatic carbocycles. The van der Waals surface area contributed by atoms with Crippen LogP contribution < -0.4 is 5.43 Å². The van der Waals surface area contributed by atoms with Crippen LogP contribution in [0.25, 0.3) is 0 Å². The van der Waals surface area contributed by atoms with Crippen LogP contribution in [-0.4, -0.2) is 52.7 Å². The van der Waals surface area contributed by atoms with Gasteiger partial charge < -0.3 is 19.7 Å². The third-order valence-electron chi connectivity index (χ3n) is 3.45. The summed E-state index contributed by atoms with van der Waals surface area (Å²) in [6.07, 6.45) is 4.16. The number of hydrogen-bond acceptors (Lipinski definition) is 4. The molecule has 2 N–H and O–H groups in total. The van der Waals surface area contributed by atoms with Crippen molar-refractivity contribution in [2.24, 2.45) is 0 Å². The Hall–Kier alpha value is -2.15. The summed E-state index contributed by atoms with van der Waals surface area (Å²) in [4.78, 5) is 38.6. The minimum atomic E-state index is -0.883. The Morgan fingerprint density at radius 1 is 1.38 bits per heavy atom. The number of aromatic amines is 1. The standard InChI is InChI=1S/C14H18N2O5/c17-12-1-5-15-9-11(12)14(20)16-6-2-10(3-7-16)21-8-4-13(18)19/h1,5,9-10H,2-4,6-8H2,(H,15,17)(H,18,19). The number of hydrogen-bond donors (Lipinski definition) is 2. The highest BCUT2D eigenvalue weighted by Crippen LogP contribution is 2.15. The maximum atomic E-state index is 12.2. The number of carboxylic acids is 1. The lowest BCUT2D eigenvalue weighted by Gasteiger charge is -2.31. The average molecular weight is 294 g/mol. The molecule has 1 aromatic rings. The SMILES string of the molecule is O=C(O)CCOC1CCN(C(=O)c2c[nH]ccc2=O)CC1. The zero-order valence-corrected chi connectivity index (χ0v) is 11.6. The number of carbonyl (C=O) groups is 2. The van der Waals surface area contributed by atoms with Gasteiger partial charge in [0.2, 0.25) is 0 Å². The van der Waals surface area contributed by atoms with Crippen LogP contribution in [0.1, 0.15) is 29.6 Å². The molecule has 2 rings (SSSR count). The van der Waals surface area contributed by atoms with Gasteiger partial charge in [0, 0.05) is 31.5 Å². The molecule has 21 heavy (non-hydrogen) atoms. The van der Waals surface area contributed by atoms with Gasteiger partial charge in [-0.2, -0.15) is 0 Å². The van der Waals surface area contributed by atoms with E-state index in [4.69, 9.17) is 9.84 Å². The molecule has 0 bridgehead atoms. The fraction of sp³-hybridized carbons (Fsp3) is 0.500. The van der Waals surface area contributed by atoms with Gasteiger partial charge in [0.25, 0.3) is 5.91 Å². The summed E-state index contributed by atoms with van der Waals surface area (Å²) in [5.74, 6) is -1.16. The molecule has 7 heteroatoms. The highest BCUT2D eigenvalue weighted by atomic mass is 16.5. The van der Waals surface area contributed by atoms with Gasteiger partial charge in [-0.15, -0.1) is 0 Å². The Kier molecular flexibility index (Phi) is 5.10. The molecule has 7 nitrogen and oxygen atoms in total. The van der Waals surface area contributed by atoms with E-state index in [2.05, 4.69) is 4.98 Å². The molecule has 1 amide bonds. The molecule has 0 saturated carbocycles. The lowest BCUT2D eigenvalue weighted by atomic mass is 10.1. The van der Waals surface area contributed by atoms with Gasteiger partial charge in [-0.1, -0.05) is 0 Å². The van der Waals surface area contributed by atoms with E-state index in [9.17, 15) is 14.4 Å². The van der Waals surface area contributed by atoms with Crippen LogP contribution in [0.4, 0.5) is 0 Å². The highest BCUT2D eigenvalue weighted by Gasteiger charge is 2.25. The number of piperidine rings is 1. The summed E-state index contributed by atoms with van der Waals surface area (Å²) in [5, 5.41) is 8.54. The van der Waals surface area contributed by atoms with E-state index in [1.165, 1.54) is 18.5 Å². The Labute approximate surface area is 121 Å². The molecule has 1 aliphatic rings. The van der Waals surface area contributed by atoms with Crippen molar-refractivity contribution in [1.29, 1.82) is 0 Å². The minimum absolute atomic E-state index is 0.0153. The minimum Gasteiger partial charge on any atom is -0.481 e. The van der Waals surface area contributed by atoms with Crippen LogP contribution >= 0.6 is 0 Å². The normalized spacial score (nSPS) is 15.9. The molecule has 1 fully saturated rings. The second kappa shape index (κ2) is 7.03. The number of carboxylic acid groups (broad SMARTS) is 1. The Morgan fingerprint density at radius 3 is 2.71 bits per heavy atom. The lowest BCUT2D eigenvalue weighted by Crippen LogP contribution is -2.42. The first-order valence-electron chi connectivity index (χ1n) is 6.87. The van der Waals surface area contributed by atoms with E-state index in [0.29, 0.717) is 25.9 Å². The molecule has 1 aliphatic heterocycles. The van der Waals surface area contributed by atoms with E-state index in [1.54, 1.807) is 4.90 Å². The summed E-state index contributed by atoms with van der Waals surface area (Å²) >= 11 is 0. The van der Waals surface area contributed by atoms with E-state index in [0.717, 1.165) is 0 Å². The van der Waals surface area contributed by atoms with Gasteiger partial charge in [-0.25, -0.2) is 0 Å². The van der Waals surface area contributed by atoms with Crippen molar-refractivity contribution in [2.45, 2.75) is 25.4 Å². The smallest absolute Gasteiger partial charge is 0.305 e. The average Bonchev–Trinajstić information content (AvgIpc) is 2.47. The van der Waals surface area contributed by atoms with Crippen molar-refractivity contribution < 1.29 is 19.4 Å². The number of aliphatic carboxylic acids is 1. The second-order valence-corrected chi connectivity index (χ2v) is 4.93. The van der Waals surface area contributed by atoms with Crippen LogP contribution in [0.5, 0.6) is 0 Å². The first-order chi connectivity index (χ1) is 10.1. The molecule has 1 saturated heterocycles. The van der Waals surface area contributed by atoms with Crippen LogP contribution in [-0.2, 0) is 9.53 Å². The summed E-state index contributed by atoms with van der Waals surface area (Å²) < 4.78 is 5.46. The van der Waals surface area contributed by atoms with E-state index in [1.807, 2.05) is 0 Å². The predicted molar refractivity (Wildman–Crippen MR) is 74.2 cm³/mol. The van der Waals surface area contributed by atoms with E-state index < -0.39 is 5.97 Å². The molecule has 0 radical (unpaired) electrons. The number of likely N-dealkylation sites (tertiary alicyclic amines) is 1. The largest absolute Gasteiger partial charge is 0.481 e. The van der Waals surface area contributed by atoms with Crippen molar-refractivity contribution in [3.05, 3.63) is 34.2 Å². The second-order valence-electron chi connectivity index (χ2n) is 4.93. The van der Waals surface area contributed by atoms with Gasteiger partial charge in [0.15, 0.2) is 5.43 Å². The maximum absolute atomic E-state index is 12.2. The van der Waals surface area contributed by atoms with Gasteiger partial charge in [-0.05, 0) is 12.8 Å². The summed E-state index contributed by atoms with van der Waals surface area (Å²) in [6, 6.07) is 1.33. The molecule has 2 heterocycles. The van der Waals surface area contributed by atoms with Crippen molar-refractivity contribution in [3.63, 3.8) is 0 Å². The van der Waals surface area contributed by atoms with Gasteiger partial charge in [-0.3, -0.25) is 14.4 Å². The zero-order valence-electron chi connectivity index (χ0n) is 11.6. The van der Waals surface area contributed by atoms with E-state index >= 15 is 0 Å². The van der Waals surface area contributed by atoms with Crippen LogP contribution in [0, 0.1) is 0 Å². The van der Waals surface area contributed by atoms with E-state index in [-0.39, 0.29) is 36.0 Å². The number of H-pyrrole nitrogens is 1. The number of rotatable bonds is 5. The van der Waals surface area contributed by atoms with Gasteiger partial charge >= 0.3 is 5.97 Å². The van der Waals surface area contributed by atoms with Crippen LogP contribution in [0.2, 0.25) is 0 Å². The van der Waals surface area contributed by atoms with Crippen LogP contribution in [0.3, 0.4) is 0 Å². The number of amides is 1. The molecule has 0 unspecified atom stereocenters. The Bertz CT molecular complexity index is 560. The molecular formula is C14H18N2O5. The fourth-order valence-corrected chi connectivity index (χ4v) is 2.29. The highest BCUT2D eigenvalue weighted by molar-refractivity contribution is 5.93. The molecule has 0 aromatic carbocycles. The summed E-state index contributed by atoms with van der Waals surface area (Å²) in [5.41, 5.74) is -0.152. The topological polar surface area (TPSA) is 99.7 Å². The third-order valence-corrected chi connectivity index (χ3v) is 3.45. The summed E-state index contributed by atoms with van der Waals surface area (Å²) in [6.45, 7) is 1.20. The number of pyridine rings is 1. The molecule has 1 aromatic heterocycles. The van der Waals surface area contributed by atoms with Crippen molar-refractivity contribution in [1.82, 2.24) is 9.88 Å². The molecular weight excluding hydrogens is 276 g/mol. The maximum Gasteiger partial charge on any atom is 0.305 e. The first-order valence-corrected chi connectivity index (χ1v) is 6.87. The molecule has 0 spiro atoms. The molecule has 0 atom stereocenters. The van der Waals surface area contributed by atoms with Crippen LogP contribution in [0.15, 0.2) is 23.3 Å². The molecule has 114 valence electrons. The summed E-state index contributed by atoms with van der Waals surface area (Å²) in [7, 11) is 0.